The molecule has 1 N–H and O–H groups in total. The summed E-state index contributed by atoms with van der Waals surface area (Å²) in [5.74, 6) is 0.393. The molecule has 1 aliphatic carbocycles. The number of hydrogen-bond donors (Lipinski definition) is 1. The molecule has 1 amide bonds. The number of amides is 1. The standard InChI is InChI=1S/C23H30N2O5S/c1-15(18-10-9-17-7-6-8-19(17)13-18)24-23(26)16(2)25(31(5,27)28)21-14-20(29-3)11-12-22(21)30-4/h9-16H,6-8H2,1-5H3,(H,24,26)/t15-,16+/m0/s1. The number of rotatable bonds is 8. The largest absolute Gasteiger partial charge is 0.497 e. The van der Waals surface area contributed by atoms with Crippen molar-refractivity contribution in [1.82, 2.24) is 5.32 Å². The fraction of sp³-hybridized carbons (Fsp3) is 0.435. The molecule has 7 nitrogen and oxygen atoms in total. The van der Waals surface area contributed by atoms with Gasteiger partial charge in [-0.3, -0.25) is 9.10 Å². The monoisotopic (exact) mass is 446 g/mol. The number of carbonyl (C=O) groups excluding carboxylic acids is 1. The van der Waals surface area contributed by atoms with E-state index in [9.17, 15) is 13.2 Å². The van der Waals surface area contributed by atoms with E-state index in [0.29, 0.717) is 11.5 Å². The van der Waals surface area contributed by atoms with Crippen molar-refractivity contribution in [2.24, 2.45) is 0 Å². The summed E-state index contributed by atoms with van der Waals surface area (Å²) in [7, 11) is -0.850. The Balaban J connectivity index is 1.87. The topological polar surface area (TPSA) is 84.9 Å². The van der Waals surface area contributed by atoms with Gasteiger partial charge in [0.15, 0.2) is 0 Å². The lowest BCUT2D eigenvalue weighted by Gasteiger charge is -2.30. The van der Waals surface area contributed by atoms with Crippen molar-refractivity contribution in [3.8, 4) is 11.5 Å². The molecule has 168 valence electrons. The van der Waals surface area contributed by atoms with Gasteiger partial charge < -0.3 is 14.8 Å². The Morgan fingerprint density at radius 1 is 1.03 bits per heavy atom. The van der Waals surface area contributed by atoms with E-state index in [1.807, 2.05) is 13.0 Å². The number of ether oxygens (including phenoxy) is 2. The second-order valence-corrected chi connectivity index (χ2v) is 9.74. The van der Waals surface area contributed by atoms with Crippen molar-refractivity contribution in [2.45, 2.75) is 45.2 Å². The van der Waals surface area contributed by atoms with Gasteiger partial charge in [-0.05, 0) is 61.9 Å². The highest BCUT2D eigenvalue weighted by Crippen LogP contribution is 2.35. The normalized spacial score (nSPS) is 15.0. The Hall–Kier alpha value is -2.74. The van der Waals surface area contributed by atoms with E-state index in [1.54, 1.807) is 25.1 Å². The molecule has 8 heteroatoms. The molecule has 0 heterocycles. The molecule has 0 fully saturated rings. The third kappa shape index (κ3) is 4.95. The lowest BCUT2D eigenvalue weighted by Crippen LogP contribution is -2.48. The zero-order valence-electron chi connectivity index (χ0n) is 18.6. The Labute approximate surface area is 184 Å². The van der Waals surface area contributed by atoms with E-state index in [2.05, 4.69) is 17.4 Å². The van der Waals surface area contributed by atoms with Gasteiger partial charge in [0.25, 0.3) is 0 Å². The fourth-order valence-corrected chi connectivity index (χ4v) is 5.20. The van der Waals surface area contributed by atoms with Crippen molar-refractivity contribution >= 4 is 21.6 Å². The molecule has 0 aromatic heterocycles. The number of nitrogens with one attached hydrogen (secondary N) is 1. The summed E-state index contributed by atoms with van der Waals surface area (Å²) in [4.78, 5) is 13.1. The van der Waals surface area contributed by atoms with Crippen LogP contribution in [0.2, 0.25) is 0 Å². The number of hydrogen-bond acceptors (Lipinski definition) is 5. The summed E-state index contributed by atoms with van der Waals surface area (Å²) >= 11 is 0. The molecule has 0 aliphatic heterocycles. The number of aryl methyl sites for hydroxylation is 2. The van der Waals surface area contributed by atoms with Crippen LogP contribution in [0.4, 0.5) is 5.69 Å². The lowest BCUT2D eigenvalue weighted by molar-refractivity contribution is -0.122. The van der Waals surface area contributed by atoms with E-state index in [-0.39, 0.29) is 11.7 Å². The Bertz CT molecular complexity index is 1070. The van der Waals surface area contributed by atoms with Gasteiger partial charge in [-0.25, -0.2) is 8.42 Å². The predicted octanol–water partition coefficient (Wildman–Crippen LogP) is 3.22. The van der Waals surface area contributed by atoms with Gasteiger partial charge in [-0.1, -0.05) is 18.2 Å². The molecular weight excluding hydrogens is 416 g/mol. The molecule has 1 aliphatic rings. The van der Waals surface area contributed by atoms with Gasteiger partial charge in [0.2, 0.25) is 15.9 Å². The molecular formula is C23H30N2O5S. The summed E-state index contributed by atoms with van der Waals surface area (Å²) < 4.78 is 37.0. The van der Waals surface area contributed by atoms with Crippen molar-refractivity contribution in [1.29, 1.82) is 0 Å². The second kappa shape index (κ2) is 9.18. The molecule has 2 aromatic rings. The van der Waals surface area contributed by atoms with Gasteiger partial charge in [0.1, 0.15) is 17.5 Å². The molecule has 0 unspecified atom stereocenters. The Morgan fingerprint density at radius 3 is 2.39 bits per heavy atom. The average Bonchev–Trinajstić information content (AvgIpc) is 3.20. The smallest absolute Gasteiger partial charge is 0.244 e. The highest BCUT2D eigenvalue weighted by atomic mass is 32.2. The first-order valence-electron chi connectivity index (χ1n) is 10.3. The molecule has 0 bridgehead atoms. The first-order chi connectivity index (χ1) is 14.7. The molecule has 2 atom stereocenters. The minimum absolute atomic E-state index is 0.247. The van der Waals surface area contributed by atoms with Crippen LogP contribution in [0.1, 0.15) is 43.0 Å². The Kier molecular flexibility index (Phi) is 6.79. The third-order valence-corrected chi connectivity index (χ3v) is 6.92. The summed E-state index contributed by atoms with van der Waals surface area (Å²) in [6, 6.07) is 9.87. The number of anilines is 1. The van der Waals surface area contributed by atoms with Gasteiger partial charge in [-0.15, -0.1) is 0 Å². The van der Waals surface area contributed by atoms with Crippen LogP contribution in [0.25, 0.3) is 0 Å². The van der Waals surface area contributed by atoms with Crippen LogP contribution in [-0.4, -0.2) is 40.8 Å². The molecule has 31 heavy (non-hydrogen) atoms. The molecule has 0 spiro atoms. The van der Waals surface area contributed by atoms with Gasteiger partial charge in [0.05, 0.1) is 32.2 Å². The number of fused-ring (bicyclic) bond motifs is 1. The van der Waals surface area contributed by atoms with E-state index in [4.69, 9.17) is 9.47 Å². The second-order valence-electron chi connectivity index (χ2n) is 7.88. The average molecular weight is 447 g/mol. The highest BCUT2D eigenvalue weighted by molar-refractivity contribution is 7.92. The van der Waals surface area contributed by atoms with E-state index in [1.165, 1.54) is 25.3 Å². The van der Waals surface area contributed by atoms with Crippen LogP contribution in [0.3, 0.4) is 0 Å². The summed E-state index contributed by atoms with van der Waals surface area (Å²) in [5, 5.41) is 2.96. The fourth-order valence-electron chi connectivity index (χ4n) is 4.03. The van der Waals surface area contributed by atoms with Crippen molar-refractivity contribution in [2.75, 3.05) is 24.8 Å². The number of methoxy groups -OCH3 is 2. The van der Waals surface area contributed by atoms with Gasteiger partial charge >= 0.3 is 0 Å². The quantitative estimate of drug-likeness (QED) is 0.673. The third-order valence-electron chi connectivity index (χ3n) is 5.69. The van der Waals surface area contributed by atoms with E-state index >= 15 is 0 Å². The predicted molar refractivity (Wildman–Crippen MR) is 121 cm³/mol. The van der Waals surface area contributed by atoms with Crippen LogP contribution in [0.5, 0.6) is 11.5 Å². The maximum atomic E-state index is 13.1. The molecule has 0 saturated heterocycles. The maximum absolute atomic E-state index is 13.1. The first kappa shape index (κ1) is 22.9. The van der Waals surface area contributed by atoms with Gasteiger partial charge in [-0.2, -0.15) is 0 Å². The summed E-state index contributed by atoms with van der Waals surface area (Å²) in [6.07, 6.45) is 4.37. The molecule has 3 rings (SSSR count). The van der Waals surface area contributed by atoms with Crippen LogP contribution in [0, 0.1) is 0 Å². The van der Waals surface area contributed by atoms with Crippen molar-refractivity contribution < 1.29 is 22.7 Å². The van der Waals surface area contributed by atoms with Crippen molar-refractivity contribution in [3.63, 3.8) is 0 Å². The number of carbonyl (C=O) groups is 1. The summed E-state index contributed by atoms with van der Waals surface area (Å²) in [6.45, 7) is 3.46. The zero-order chi connectivity index (χ0) is 22.8. The van der Waals surface area contributed by atoms with E-state index < -0.39 is 22.0 Å². The lowest BCUT2D eigenvalue weighted by atomic mass is 10.0. The minimum atomic E-state index is -3.79. The van der Waals surface area contributed by atoms with Crippen LogP contribution < -0.4 is 19.1 Å². The number of benzene rings is 2. The SMILES string of the molecule is COc1ccc(OC)c(N([C@H](C)C(=O)N[C@@H](C)c2ccc3c(c2)CCC3)S(C)(=O)=O)c1. The van der Waals surface area contributed by atoms with E-state index in [0.717, 1.165) is 35.4 Å². The number of sulfonamides is 1. The maximum Gasteiger partial charge on any atom is 0.244 e. The van der Waals surface area contributed by atoms with Crippen LogP contribution in [0.15, 0.2) is 36.4 Å². The van der Waals surface area contributed by atoms with Crippen molar-refractivity contribution in [3.05, 3.63) is 53.1 Å². The first-order valence-corrected chi connectivity index (χ1v) is 12.1. The highest BCUT2D eigenvalue weighted by Gasteiger charge is 2.32. The summed E-state index contributed by atoms with van der Waals surface area (Å²) in [5.41, 5.74) is 3.94. The number of nitrogens with zero attached hydrogens (tertiary/aromatic N) is 1. The molecule has 0 radical (unpaired) electrons. The van der Waals surface area contributed by atoms with Gasteiger partial charge in [0, 0.05) is 6.07 Å². The van der Waals surface area contributed by atoms with Crippen LogP contribution >= 0.6 is 0 Å². The van der Waals surface area contributed by atoms with Crippen LogP contribution in [-0.2, 0) is 27.7 Å². The zero-order valence-corrected chi connectivity index (χ0v) is 19.5. The Morgan fingerprint density at radius 2 is 1.74 bits per heavy atom. The minimum Gasteiger partial charge on any atom is -0.497 e. The molecule has 2 aromatic carbocycles. The molecule has 0 saturated carbocycles.